The molecule has 0 saturated heterocycles. The molecule has 5 nitrogen and oxygen atoms in total. The maximum Gasteiger partial charge on any atom is 0.306 e. The van der Waals surface area contributed by atoms with E-state index in [-0.39, 0.29) is 11.9 Å². The molecule has 0 aromatic heterocycles. The normalized spacial score (nSPS) is 12.7. The highest BCUT2D eigenvalue weighted by atomic mass is 35.5. The highest BCUT2D eigenvalue weighted by molar-refractivity contribution is 6.18. The van der Waals surface area contributed by atoms with Crippen LogP contribution >= 0.6 is 11.6 Å². The lowest BCUT2D eigenvalue weighted by atomic mass is 9.91. The van der Waals surface area contributed by atoms with Gasteiger partial charge >= 0.3 is 11.9 Å². The van der Waals surface area contributed by atoms with Gasteiger partial charge in [-0.15, -0.1) is 11.6 Å². The Hall–Kier alpha value is -0.810. The van der Waals surface area contributed by atoms with Gasteiger partial charge in [0.1, 0.15) is 0 Å². The van der Waals surface area contributed by atoms with E-state index in [1.165, 1.54) is 154 Å². The maximum absolute atomic E-state index is 12.7. The zero-order valence-corrected chi connectivity index (χ0v) is 36.2. The van der Waals surface area contributed by atoms with Gasteiger partial charge in [-0.2, -0.15) is 0 Å². The Kier molecular flexibility index (Phi) is 40.7. The Morgan fingerprint density at radius 3 is 1.08 bits per heavy atom. The van der Waals surface area contributed by atoms with Gasteiger partial charge in [0.05, 0.1) is 13.2 Å². The quantitative estimate of drug-likeness (QED) is 0.0353. The van der Waals surface area contributed by atoms with Crippen LogP contribution in [0.4, 0.5) is 0 Å². The summed E-state index contributed by atoms with van der Waals surface area (Å²) in [4.78, 5) is 27.8. The zero-order chi connectivity index (χ0) is 38.2. The molecule has 0 radical (unpaired) electrons. The van der Waals surface area contributed by atoms with Crippen molar-refractivity contribution in [3.8, 4) is 0 Å². The predicted molar refractivity (Wildman–Crippen MR) is 226 cm³/mol. The average Bonchev–Trinajstić information content (AvgIpc) is 3.13. The molecule has 0 fully saturated rings. The van der Waals surface area contributed by atoms with E-state index in [9.17, 15) is 9.59 Å². The average molecular weight is 757 g/mol. The largest absolute Gasteiger partial charge is 0.466 e. The lowest BCUT2D eigenvalue weighted by molar-refractivity contribution is -0.146. The fraction of sp³-hybridized carbons (Fsp3) is 0.957. The molecule has 0 aliphatic carbocycles. The van der Waals surface area contributed by atoms with Gasteiger partial charge in [-0.3, -0.25) is 9.59 Å². The zero-order valence-electron chi connectivity index (χ0n) is 35.5. The first kappa shape index (κ1) is 51.2. The molecule has 0 aliphatic rings. The summed E-state index contributed by atoms with van der Waals surface area (Å²) >= 11 is 6.13. The van der Waals surface area contributed by atoms with Crippen molar-refractivity contribution in [3.05, 3.63) is 0 Å². The van der Waals surface area contributed by atoms with Crippen LogP contribution in [0.15, 0.2) is 0 Å². The van der Waals surface area contributed by atoms with Crippen LogP contribution in [0.2, 0.25) is 0 Å². The minimum absolute atomic E-state index is 0.0105. The van der Waals surface area contributed by atoms with Crippen molar-refractivity contribution >= 4 is 23.5 Å². The molecule has 2 unspecified atom stereocenters. The minimum atomic E-state index is 0.0105. The second-order valence-corrected chi connectivity index (χ2v) is 16.4. The third kappa shape index (κ3) is 36.2. The van der Waals surface area contributed by atoms with E-state index in [0.717, 1.165) is 58.2 Å². The van der Waals surface area contributed by atoms with Crippen molar-refractivity contribution in [2.24, 2.45) is 11.8 Å². The number of nitrogens with zero attached hydrogens (tertiary/aromatic N) is 1. The van der Waals surface area contributed by atoms with Gasteiger partial charge in [0.2, 0.25) is 0 Å². The number of carbonyl (C=O) groups excluding carboxylic acids is 2. The number of carbonyl (C=O) groups is 2. The summed E-state index contributed by atoms with van der Waals surface area (Å²) in [5.74, 6) is 1.65. The van der Waals surface area contributed by atoms with E-state index < -0.39 is 0 Å². The summed E-state index contributed by atoms with van der Waals surface area (Å²) in [5.41, 5.74) is 0. The number of halogens is 1. The molecule has 0 aromatic rings. The maximum atomic E-state index is 12.7. The summed E-state index contributed by atoms with van der Waals surface area (Å²) in [6.07, 6.45) is 38.0. The van der Waals surface area contributed by atoms with Crippen LogP contribution in [-0.2, 0) is 19.1 Å². The van der Waals surface area contributed by atoms with Crippen LogP contribution in [0.5, 0.6) is 0 Å². The summed E-state index contributed by atoms with van der Waals surface area (Å²) in [7, 11) is 0. The molecule has 0 rings (SSSR count). The van der Waals surface area contributed by atoms with Crippen LogP contribution in [0, 0.1) is 11.8 Å². The highest BCUT2D eigenvalue weighted by Crippen LogP contribution is 2.24. The first-order valence-corrected chi connectivity index (χ1v) is 23.6. The van der Waals surface area contributed by atoms with E-state index >= 15 is 0 Å². The Morgan fingerprint density at radius 1 is 0.423 bits per heavy atom. The fourth-order valence-electron chi connectivity index (χ4n) is 7.49. The van der Waals surface area contributed by atoms with Gasteiger partial charge < -0.3 is 14.4 Å². The third-order valence-electron chi connectivity index (χ3n) is 10.9. The molecular weight excluding hydrogens is 666 g/mol. The van der Waals surface area contributed by atoms with Crippen molar-refractivity contribution in [1.82, 2.24) is 4.90 Å². The number of rotatable bonds is 42. The monoisotopic (exact) mass is 756 g/mol. The summed E-state index contributed by atoms with van der Waals surface area (Å²) in [5, 5.41) is 0. The molecule has 6 heteroatoms. The second kappa shape index (κ2) is 41.4. The van der Waals surface area contributed by atoms with Gasteiger partial charge in [-0.05, 0) is 89.1 Å². The Bertz CT molecular complexity index is 692. The predicted octanol–water partition coefficient (Wildman–Crippen LogP) is 14.4. The first-order valence-electron chi connectivity index (χ1n) is 23.1. The summed E-state index contributed by atoms with van der Waals surface area (Å²) in [6, 6.07) is 0. The fourth-order valence-corrected chi connectivity index (χ4v) is 7.73. The van der Waals surface area contributed by atoms with Gasteiger partial charge in [-0.25, -0.2) is 0 Å². The molecule has 0 heterocycles. The van der Waals surface area contributed by atoms with Crippen LogP contribution in [-0.4, -0.2) is 55.6 Å². The Balaban J connectivity index is 4.21. The topological polar surface area (TPSA) is 55.8 Å². The summed E-state index contributed by atoms with van der Waals surface area (Å²) < 4.78 is 11.4. The minimum Gasteiger partial charge on any atom is -0.466 e. The van der Waals surface area contributed by atoms with Crippen molar-refractivity contribution in [3.63, 3.8) is 0 Å². The van der Waals surface area contributed by atoms with Gasteiger partial charge in [0, 0.05) is 25.3 Å². The molecule has 0 spiro atoms. The van der Waals surface area contributed by atoms with E-state index in [4.69, 9.17) is 21.1 Å². The number of hydrogen-bond acceptors (Lipinski definition) is 5. The highest BCUT2D eigenvalue weighted by Gasteiger charge is 2.16. The van der Waals surface area contributed by atoms with E-state index in [2.05, 4.69) is 32.6 Å². The van der Waals surface area contributed by atoms with Crippen LogP contribution in [0.1, 0.15) is 233 Å². The molecule has 0 aromatic carbocycles. The molecule has 0 amide bonds. The lowest BCUT2D eigenvalue weighted by Gasteiger charge is -2.21. The molecule has 52 heavy (non-hydrogen) atoms. The second-order valence-electron chi connectivity index (χ2n) is 16.0. The molecule has 0 aliphatic heterocycles. The number of esters is 2. The Labute approximate surface area is 330 Å². The lowest BCUT2D eigenvalue weighted by Crippen LogP contribution is -2.28. The number of hydrogen-bond donors (Lipinski definition) is 0. The van der Waals surface area contributed by atoms with Gasteiger partial charge in [-0.1, -0.05) is 156 Å². The molecule has 2 atom stereocenters. The van der Waals surface area contributed by atoms with E-state index in [1.807, 2.05) is 0 Å². The van der Waals surface area contributed by atoms with Crippen molar-refractivity contribution in [2.75, 3.05) is 38.7 Å². The SMILES string of the molecule is CCCCCCCCC(CCCCCC)CC(=O)OCCCCCN(CCCl)CCCCCOC(=O)CC(CCCCCC)CCCCCCCC. The first-order chi connectivity index (χ1) is 25.5. The van der Waals surface area contributed by atoms with E-state index in [1.54, 1.807) is 0 Å². The van der Waals surface area contributed by atoms with E-state index in [0.29, 0.717) is 43.8 Å². The number of unbranched alkanes of at least 4 members (excludes halogenated alkanes) is 20. The summed E-state index contributed by atoms with van der Waals surface area (Å²) in [6.45, 7) is 13.1. The van der Waals surface area contributed by atoms with Gasteiger partial charge in [0.15, 0.2) is 0 Å². The third-order valence-corrected chi connectivity index (χ3v) is 11.1. The van der Waals surface area contributed by atoms with Crippen molar-refractivity contribution in [2.45, 2.75) is 233 Å². The van der Waals surface area contributed by atoms with Crippen LogP contribution in [0.3, 0.4) is 0 Å². The standard InChI is InChI=1S/C46H90ClNO4/c1-5-9-13-17-19-25-33-43(31-23-15-11-7-3)41-45(49)51-39-29-21-27-36-48(38-35-47)37-28-22-30-40-52-46(50)42-44(32-24-16-12-8-4)34-26-20-18-14-10-6-2/h43-44H,5-42H2,1-4H3. The van der Waals surface area contributed by atoms with Crippen molar-refractivity contribution < 1.29 is 19.1 Å². The smallest absolute Gasteiger partial charge is 0.306 e. The van der Waals surface area contributed by atoms with Gasteiger partial charge in [0.25, 0.3) is 0 Å². The molecule has 0 bridgehead atoms. The molecule has 0 N–H and O–H groups in total. The molecular formula is C46H90ClNO4. The molecule has 0 saturated carbocycles. The Morgan fingerprint density at radius 2 is 0.731 bits per heavy atom. The number of alkyl halides is 1. The van der Waals surface area contributed by atoms with Crippen LogP contribution < -0.4 is 0 Å². The number of ether oxygens (including phenoxy) is 2. The van der Waals surface area contributed by atoms with Crippen molar-refractivity contribution in [1.29, 1.82) is 0 Å². The van der Waals surface area contributed by atoms with Crippen LogP contribution in [0.25, 0.3) is 0 Å². The molecule has 310 valence electrons.